The Morgan fingerprint density at radius 3 is 0.941 bits per heavy atom. The van der Waals surface area contributed by atoms with Crippen molar-refractivity contribution in [2.24, 2.45) is 0 Å². The van der Waals surface area contributed by atoms with Crippen LogP contribution < -0.4 is 0 Å². The Kier molecular flexibility index (Phi) is 8.12. The lowest BCUT2D eigenvalue weighted by molar-refractivity contribution is -0.574. The summed E-state index contributed by atoms with van der Waals surface area (Å²) in [5, 5.41) is 0. The summed E-state index contributed by atoms with van der Waals surface area (Å²) >= 11 is 0. The van der Waals surface area contributed by atoms with E-state index in [0.29, 0.717) is 0 Å². The molecule has 3 unspecified atom stereocenters. The number of alkyl halides is 21. The van der Waals surface area contributed by atoms with Gasteiger partial charge in [0.2, 0.25) is 0 Å². The van der Waals surface area contributed by atoms with E-state index in [2.05, 4.69) is 0 Å². The van der Waals surface area contributed by atoms with Gasteiger partial charge in [-0.25, -0.2) is 4.39 Å². The molecule has 0 fully saturated rings. The second-order valence-electron chi connectivity index (χ2n) is 5.41. The number of halogens is 21. The molecule has 0 amide bonds. The van der Waals surface area contributed by atoms with Crippen LogP contribution in [0.1, 0.15) is 0 Å². The highest BCUT2D eigenvalue weighted by Gasteiger charge is 2.86. The van der Waals surface area contributed by atoms with Crippen molar-refractivity contribution in [3.8, 4) is 0 Å². The lowest BCUT2D eigenvalue weighted by atomic mass is 10.2. The molecule has 0 radical (unpaired) electrons. The highest BCUT2D eigenvalue weighted by atomic mass is 19.4. The van der Waals surface area contributed by atoms with E-state index in [0.717, 1.165) is 9.47 Å². The molecular formula is C10HF21O3. The van der Waals surface area contributed by atoms with E-state index in [1.807, 2.05) is 0 Å². The number of rotatable bonds is 8. The van der Waals surface area contributed by atoms with Crippen LogP contribution in [-0.4, -0.2) is 61.1 Å². The van der Waals surface area contributed by atoms with E-state index >= 15 is 0 Å². The van der Waals surface area contributed by atoms with Crippen molar-refractivity contribution in [3.63, 3.8) is 0 Å². The van der Waals surface area contributed by atoms with Crippen molar-refractivity contribution < 1.29 is 106 Å². The first-order chi connectivity index (χ1) is 14.3. The van der Waals surface area contributed by atoms with E-state index in [1.54, 1.807) is 4.74 Å². The monoisotopic (exact) mass is 568 g/mol. The fourth-order valence-corrected chi connectivity index (χ4v) is 1.31. The molecule has 3 atom stereocenters. The molecule has 0 aliphatic rings. The van der Waals surface area contributed by atoms with Crippen LogP contribution in [0, 0.1) is 0 Å². The molecule has 206 valence electrons. The van der Waals surface area contributed by atoms with Gasteiger partial charge in [-0.05, 0) is 0 Å². The lowest BCUT2D eigenvalue weighted by Crippen LogP contribution is -2.69. The summed E-state index contributed by atoms with van der Waals surface area (Å²) in [7, 11) is 0. The Balaban J connectivity index is 6.78. The van der Waals surface area contributed by atoms with Gasteiger partial charge in [-0.1, -0.05) is 0 Å². The summed E-state index contributed by atoms with van der Waals surface area (Å²) in [6.45, 7) is 0. The van der Waals surface area contributed by atoms with Gasteiger partial charge in [-0.3, -0.25) is 14.2 Å². The Labute approximate surface area is 169 Å². The summed E-state index contributed by atoms with van der Waals surface area (Å²) in [4.78, 5) is 0. The maximum absolute atomic E-state index is 13.7. The molecule has 0 aromatic rings. The van der Waals surface area contributed by atoms with E-state index in [1.165, 1.54) is 0 Å². The fraction of sp³-hybridized carbons (Fsp3) is 1.00. The minimum Gasteiger partial charge on any atom is -0.272 e. The van der Waals surface area contributed by atoms with Crippen molar-refractivity contribution in [1.82, 2.24) is 0 Å². The number of hydrogen-bond donors (Lipinski definition) is 0. The standard InChI is InChI=1S/C10HF21O3/c11-1(2(12,13)14)32-8(26,27)3(15,5(17,18)19)33-9(28,29)4(16,6(20,21)22)34-10(30,31)7(23,24)25/h1H. The number of hydrogen-bond acceptors (Lipinski definition) is 3. The van der Waals surface area contributed by atoms with Crippen molar-refractivity contribution >= 4 is 0 Å². The average Bonchev–Trinajstić information content (AvgIpc) is 2.48. The SMILES string of the molecule is FC(OC(F)(F)C(F)(OC(F)(F)C(F)(OC(F)(F)C(F)(F)F)C(F)(F)F)C(F)(F)F)C(F)(F)F. The molecule has 0 N–H and O–H groups in total. The van der Waals surface area contributed by atoms with Gasteiger partial charge < -0.3 is 0 Å². The van der Waals surface area contributed by atoms with Crippen molar-refractivity contribution in [1.29, 1.82) is 0 Å². The predicted octanol–water partition coefficient (Wildman–Crippen LogP) is 6.69. The summed E-state index contributed by atoms with van der Waals surface area (Å²) < 4.78 is 268. The minimum absolute atomic E-state index is 1.13. The average molecular weight is 568 g/mol. The highest BCUT2D eigenvalue weighted by Crippen LogP contribution is 2.57. The van der Waals surface area contributed by atoms with Gasteiger partial charge >= 0.3 is 54.7 Å². The van der Waals surface area contributed by atoms with Crippen molar-refractivity contribution in [3.05, 3.63) is 0 Å². The van der Waals surface area contributed by atoms with Gasteiger partial charge in [0.15, 0.2) is 0 Å². The molecule has 0 aromatic heterocycles. The smallest absolute Gasteiger partial charge is 0.272 e. The second-order valence-corrected chi connectivity index (χ2v) is 5.41. The third-order valence-electron chi connectivity index (χ3n) is 2.85. The zero-order valence-electron chi connectivity index (χ0n) is 14.2. The van der Waals surface area contributed by atoms with Gasteiger partial charge in [-0.15, -0.1) is 0 Å². The molecule has 24 heteroatoms. The van der Waals surface area contributed by atoms with E-state index in [9.17, 15) is 92.2 Å². The molecule has 0 heterocycles. The molecule has 34 heavy (non-hydrogen) atoms. The van der Waals surface area contributed by atoms with Crippen LogP contribution in [0.3, 0.4) is 0 Å². The molecule has 0 rings (SSSR count). The van der Waals surface area contributed by atoms with Gasteiger partial charge in [0.05, 0.1) is 0 Å². The predicted molar refractivity (Wildman–Crippen MR) is 54.9 cm³/mol. The molecule has 3 nitrogen and oxygen atoms in total. The van der Waals surface area contributed by atoms with E-state index in [-0.39, 0.29) is 0 Å². The van der Waals surface area contributed by atoms with Gasteiger partial charge in [0.25, 0.3) is 6.36 Å². The third-order valence-corrected chi connectivity index (χ3v) is 2.85. The molecule has 0 saturated carbocycles. The number of ether oxygens (including phenoxy) is 3. The lowest BCUT2D eigenvalue weighted by Gasteiger charge is -2.41. The minimum atomic E-state index is -8.37. The topological polar surface area (TPSA) is 27.7 Å². The van der Waals surface area contributed by atoms with Crippen LogP contribution in [0.5, 0.6) is 0 Å². The Morgan fingerprint density at radius 1 is 0.382 bits per heavy atom. The Bertz CT molecular complexity index is 702. The molecule has 0 aliphatic carbocycles. The first-order valence-electron chi connectivity index (χ1n) is 6.79. The molecule has 0 aliphatic heterocycles. The van der Waals surface area contributed by atoms with Crippen LogP contribution in [0.15, 0.2) is 0 Å². The zero-order valence-corrected chi connectivity index (χ0v) is 14.2. The maximum atomic E-state index is 13.7. The van der Waals surface area contributed by atoms with E-state index in [4.69, 9.17) is 0 Å². The van der Waals surface area contributed by atoms with Crippen molar-refractivity contribution in [2.45, 2.75) is 61.1 Å². The normalized spacial score (nSPS) is 20.0. The van der Waals surface area contributed by atoms with Gasteiger partial charge in [0.1, 0.15) is 0 Å². The first kappa shape index (κ1) is 32.4. The fourth-order valence-electron chi connectivity index (χ4n) is 1.31. The Morgan fingerprint density at radius 2 is 0.676 bits per heavy atom. The molecular weight excluding hydrogens is 567 g/mol. The zero-order chi connectivity index (χ0) is 28.2. The Hall–Kier alpha value is -1.59. The quantitative estimate of drug-likeness (QED) is 0.306. The molecule has 0 bridgehead atoms. The summed E-state index contributed by atoms with van der Waals surface area (Å²) in [6.07, 6.45) is -60.3. The van der Waals surface area contributed by atoms with Crippen LogP contribution in [0.4, 0.5) is 92.2 Å². The van der Waals surface area contributed by atoms with Crippen LogP contribution in [-0.2, 0) is 14.2 Å². The first-order valence-corrected chi connectivity index (χ1v) is 6.79. The molecule has 0 aromatic carbocycles. The van der Waals surface area contributed by atoms with Crippen molar-refractivity contribution in [2.75, 3.05) is 0 Å². The largest absolute Gasteiger partial charge is 0.483 e. The van der Waals surface area contributed by atoms with Crippen LogP contribution in [0.25, 0.3) is 0 Å². The van der Waals surface area contributed by atoms with Crippen LogP contribution in [0.2, 0.25) is 0 Å². The summed E-state index contributed by atoms with van der Waals surface area (Å²) in [5.74, 6) is -16.5. The highest BCUT2D eigenvalue weighted by molar-refractivity contribution is 4.95. The summed E-state index contributed by atoms with van der Waals surface area (Å²) in [5.41, 5.74) is 0. The molecule has 0 spiro atoms. The summed E-state index contributed by atoms with van der Waals surface area (Å²) in [6, 6.07) is 0. The third kappa shape index (κ3) is 5.96. The maximum Gasteiger partial charge on any atom is 0.483 e. The molecule has 0 saturated heterocycles. The van der Waals surface area contributed by atoms with E-state index < -0.39 is 61.1 Å². The second kappa shape index (κ2) is 8.51. The van der Waals surface area contributed by atoms with Gasteiger partial charge in [-0.2, -0.15) is 87.8 Å². The van der Waals surface area contributed by atoms with Crippen LogP contribution >= 0.6 is 0 Å². The van der Waals surface area contributed by atoms with Gasteiger partial charge in [0, 0.05) is 0 Å².